The summed E-state index contributed by atoms with van der Waals surface area (Å²) in [6.07, 6.45) is 3.48. The topological polar surface area (TPSA) is 50.2 Å². The molecule has 3 nitrogen and oxygen atoms in total. The maximum absolute atomic E-state index is 13.9. The van der Waals surface area contributed by atoms with Crippen LogP contribution in [0.4, 0.5) is 4.39 Å². The third-order valence-electron chi connectivity index (χ3n) is 6.67. The second kappa shape index (κ2) is 12.9. The van der Waals surface area contributed by atoms with Crippen molar-refractivity contribution in [3.8, 4) is 11.3 Å². The number of rotatable bonds is 5. The van der Waals surface area contributed by atoms with E-state index in [2.05, 4.69) is 29.2 Å². The predicted molar refractivity (Wildman–Crippen MR) is 151 cm³/mol. The Balaban J connectivity index is 0.000000287. The van der Waals surface area contributed by atoms with Gasteiger partial charge in [0.25, 0.3) is 0 Å². The molecule has 5 aromatic rings. The molecule has 0 amide bonds. The molecule has 0 aliphatic heterocycles. The number of nitrogens with zero attached hydrogens (tertiary/aromatic N) is 1. The Bertz CT molecular complexity index is 1640. The number of allylic oxidation sites excluding steroid dienone is 2. The summed E-state index contributed by atoms with van der Waals surface area (Å²) in [5.74, 6) is 0.139. The molecule has 0 aliphatic rings. The predicted octanol–water partition coefficient (Wildman–Crippen LogP) is 9.05. The van der Waals surface area contributed by atoms with Crippen LogP contribution in [-0.2, 0) is 24.9 Å². The van der Waals surface area contributed by atoms with Crippen molar-refractivity contribution in [2.45, 2.75) is 47.0 Å². The Labute approximate surface area is 236 Å². The van der Waals surface area contributed by atoms with Crippen LogP contribution < -0.4 is 0 Å². The molecule has 5 rings (SSSR count). The minimum Gasteiger partial charge on any atom is -0.512 e. The monoisotopic (exact) mass is 685 g/mol. The van der Waals surface area contributed by atoms with E-state index < -0.39 is 0 Å². The van der Waals surface area contributed by atoms with Crippen LogP contribution in [0.3, 0.4) is 0 Å². The number of benzene rings is 4. The number of hydrogen-bond acceptors (Lipinski definition) is 3. The number of carbonyl (C=O) groups excluding carboxylic acids is 1. The molecule has 1 heterocycles. The molecule has 5 heteroatoms. The number of aliphatic hydroxyl groups is 1. The average molecular weight is 685 g/mol. The Morgan fingerprint density at radius 3 is 2.29 bits per heavy atom. The molecule has 1 radical (unpaired) electrons. The van der Waals surface area contributed by atoms with Gasteiger partial charge in [-0.05, 0) is 64.3 Å². The fourth-order valence-corrected chi connectivity index (χ4v) is 4.58. The van der Waals surface area contributed by atoms with Crippen molar-refractivity contribution in [3.63, 3.8) is 0 Å². The summed E-state index contributed by atoms with van der Waals surface area (Å²) < 4.78 is 13.9. The summed E-state index contributed by atoms with van der Waals surface area (Å²) in [5.41, 5.74) is 3.11. The molecule has 0 aliphatic carbocycles. The third-order valence-corrected chi connectivity index (χ3v) is 6.67. The summed E-state index contributed by atoms with van der Waals surface area (Å²) in [4.78, 5) is 15.8. The van der Waals surface area contributed by atoms with Gasteiger partial charge >= 0.3 is 0 Å². The zero-order valence-electron chi connectivity index (χ0n) is 22.1. The zero-order chi connectivity index (χ0) is 26.5. The number of ketones is 1. The van der Waals surface area contributed by atoms with Crippen LogP contribution >= 0.6 is 0 Å². The van der Waals surface area contributed by atoms with Crippen molar-refractivity contribution in [1.82, 2.24) is 4.98 Å². The summed E-state index contributed by atoms with van der Waals surface area (Å²) in [5, 5.41) is 15.7. The first-order valence-corrected chi connectivity index (χ1v) is 12.7. The number of aromatic nitrogens is 1. The molecule has 4 aromatic carbocycles. The van der Waals surface area contributed by atoms with Gasteiger partial charge in [0.2, 0.25) is 0 Å². The van der Waals surface area contributed by atoms with Crippen LogP contribution in [0.1, 0.15) is 45.6 Å². The van der Waals surface area contributed by atoms with Gasteiger partial charge < -0.3 is 10.1 Å². The van der Waals surface area contributed by atoms with E-state index in [1.54, 1.807) is 19.9 Å². The van der Waals surface area contributed by atoms with Crippen LogP contribution in [0.15, 0.2) is 84.3 Å². The average Bonchev–Trinajstić information content (AvgIpc) is 2.93. The minimum atomic E-state index is -0.172. The van der Waals surface area contributed by atoms with Crippen LogP contribution in [0.2, 0.25) is 0 Å². The number of halogens is 1. The molecule has 1 aromatic heterocycles. The van der Waals surface area contributed by atoms with Gasteiger partial charge in [-0.15, -0.1) is 29.1 Å². The molecule has 0 atom stereocenters. The first-order valence-electron chi connectivity index (χ1n) is 12.7. The van der Waals surface area contributed by atoms with Crippen molar-refractivity contribution >= 4 is 38.1 Å². The molecule has 0 saturated carbocycles. The van der Waals surface area contributed by atoms with E-state index in [0.29, 0.717) is 30.4 Å². The van der Waals surface area contributed by atoms with E-state index in [4.69, 9.17) is 0 Å². The van der Waals surface area contributed by atoms with Gasteiger partial charge in [0, 0.05) is 44.7 Å². The normalized spacial score (nSPS) is 11.5. The fraction of sp³-hybridized carbons (Fsp3) is 0.212. The molecule has 0 bridgehead atoms. The van der Waals surface area contributed by atoms with E-state index in [9.17, 15) is 14.3 Å². The van der Waals surface area contributed by atoms with Crippen molar-refractivity contribution in [1.29, 1.82) is 0 Å². The quantitative estimate of drug-likeness (QED) is 0.0870. The van der Waals surface area contributed by atoms with Crippen molar-refractivity contribution < 1.29 is 34.4 Å². The Hall–Kier alpha value is -3.40. The number of aliphatic hydroxyl groups excluding tert-OH is 1. The Kier molecular flexibility index (Phi) is 9.90. The first kappa shape index (κ1) is 29.2. The Morgan fingerprint density at radius 2 is 1.61 bits per heavy atom. The summed E-state index contributed by atoms with van der Waals surface area (Å²) in [7, 11) is 0. The van der Waals surface area contributed by atoms with Crippen molar-refractivity contribution in [3.05, 3.63) is 102 Å². The molecule has 0 fully saturated rings. The zero-order valence-corrected chi connectivity index (χ0v) is 24.5. The van der Waals surface area contributed by atoms with Gasteiger partial charge in [0.1, 0.15) is 5.82 Å². The standard InChI is InChI=1S/C24H15FN.C9H16O2.Ir/c1-15-12-22-18(14-23(15)25)8-9-21-20(22)10-11-26-24(21)19-7-6-16-4-2-3-5-17(16)13-19;1-4-7(8(10)5-2)9(11)6-3;/h2-6,8-14H,1H3;10H,4-6H2,1-3H3;/q-1;;/b;8-7-;. The molecule has 0 spiro atoms. The van der Waals surface area contributed by atoms with Crippen LogP contribution in [-0.4, -0.2) is 15.9 Å². The molecule has 38 heavy (non-hydrogen) atoms. The smallest absolute Gasteiger partial charge is 0.161 e. The van der Waals surface area contributed by atoms with E-state index in [0.717, 1.165) is 38.2 Å². The van der Waals surface area contributed by atoms with Crippen LogP contribution in [0.25, 0.3) is 43.6 Å². The fourth-order valence-electron chi connectivity index (χ4n) is 4.58. The maximum atomic E-state index is 13.9. The third kappa shape index (κ3) is 6.01. The number of fused-ring (bicyclic) bond motifs is 4. The van der Waals surface area contributed by atoms with Gasteiger partial charge in [0.15, 0.2) is 5.78 Å². The van der Waals surface area contributed by atoms with Gasteiger partial charge in [0.05, 0.1) is 5.76 Å². The largest absolute Gasteiger partial charge is 0.512 e. The molecular weight excluding hydrogens is 654 g/mol. The SMILES string of the molecule is CCC(=O)/C(CC)=C(\O)CC.Cc1cc2c(ccc3c(-c4[c-]cc5ccccc5c4)nccc32)cc1F.[Ir]. The first-order chi connectivity index (χ1) is 17.9. The number of aryl methyl sites for hydroxylation is 1. The second-order valence-electron chi connectivity index (χ2n) is 9.03. The summed E-state index contributed by atoms with van der Waals surface area (Å²) >= 11 is 0. The van der Waals surface area contributed by atoms with Crippen molar-refractivity contribution in [2.75, 3.05) is 0 Å². The molecular formula is C33H31FIrNO2-. The van der Waals surface area contributed by atoms with E-state index in [1.165, 1.54) is 5.39 Å². The number of hydrogen-bond donors (Lipinski definition) is 1. The van der Waals surface area contributed by atoms with Crippen LogP contribution in [0.5, 0.6) is 0 Å². The van der Waals surface area contributed by atoms with E-state index in [-0.39, 0.29) is 37.5 Å². The summed E-state index contributed by atoms with van der Waals surface area (Å²) in [6.45, 7) is 7.33. The minimum absolute atomic E-state index is 0. The van der Waals surface area contributed by atoms with Gasteiger partial charge in [-0.3, -0.25) is 4.79 Å². The van der Waals surface area contributed by atoms with Crippen molar-refractivity contribution in [2.24, 2.45) is 0 Å². The summed E-state index contributed by atoms with van der Waals surface area (Å²) in [6, 6.07) is 25.2. The number of carbonyl (C=O) groups is 1. The van der Waals surface area contributed by atoms with E-state index in [1.807, 2.05) is 62.5 Å². The molecule has 197 valence electrons. The number of pyridine rings is 1. The van der Waals surface area contributed by atoms with Gasteiger partial charge in [-0.25, -0.2) is 4.39 Å². The molecule has 1 N–H and O–H groups in total. The van der Waals surface area contributed by atoms with Gasteiger partial charge in [-0.1, -0.05) is 62.6 Å². The van der Waals surface area contributed by atoms with Crippen LogP contribution in [0, 0.1) is 18.8 Å². The molecule has 0 unspecified atom stereocenters. The molecule has 0 saturated heterocycles. The van der Waals surface area contributed by atoms with E-state index >= 15 is 0 Å². The van der Waals surface area contributed by atoms with Gasteiger partial charge in [-0.2, -0.15) is 0 Å². The second-order valence-corrected chi connectivity index (χ2v) is 9.03. The maximum Gasteiger partial charge on any atom is 0.161 e. The Morgan fingerprint density at radius 1 is 0.868 bits per heavy atom. The number of Topliss-reactive ketones (excluding diaryl/α,β-unsaturated/α-hetero) is 1.